The summed E-state index contributed by atoms with van der Waals surface area (Å²) in [6.45, 7) is -0.369. The normalized spacial score (nSPS) is 12.6. The third-order valence-electron chi connectivity index (χ3n) is 2.89. The van der Waals surface area contributed by atoms with Crippen molar-refractivity contribution in [3.63, 3.8) is 0 Å². The van der Waals surface area contributed by atoms with Gasteiger partial charge in [-0.15, -0.1) is 0 Å². The molecule has 0 aliphatic carbocycles. The van der Waals surface area contributed by atoms with Gasteiger partial charge in [0.2, 0.25) is 0 Å². The molecule has 0 N–H and O–H groups in total. The Morgan fingerprint density at radius 3 is 1.96 bits per heavy atom. The van der Waals surface area contributed by atoms with Crippen molar-refractivity contribution in [2.45, 2.75) is 19.0 Å². The molecule has 26 heavy (non-hydrogen) atoms. The fraction of sp³-hybridized carbons (Fsp3) is 0.214. The van der Waals surface area contributed by atoms with Gasteiger partial charge in [0.15, 0.2) is 6.61 Å². The SMILES string of the molecule is FC(F)(F)c1cnc(/C=N\OCc2ncc(C(F)(F)F)cc2Cl)c(Cl)c1. The van der Waals surface area contributed by atoms with E-state index in [0.29, 0.717) is 24.5 Å². The van der Waals surface area contributed by atoms with Crippen molar-refractivity contribution < 1.29 is 31.2 Å². The molecular weight excluding hydrogens is 411 g/mol. The minimum Gasteiger partial charge on any atom is -0.389 e. The maximum atomic E-state index is 12.5. The molecule has 2 heterocycles. The molecule has 0 bridgehead atoms. The summed E-state index contributed by atoms with van der Waals surface area (Å²) in [5, 5.41) is 2.84. The Hall–Kier alpha value is -2.07. The van der Waals surface area contributed by atoms with Crippen molar-refractivity contribution in [2.75, 3.05) is 0 Å². The van der Waals surface area contributed by atoms with Crippen LogP contribution < -0.4 is 0 Å². The predicted molar refractivity (Wildman–Crippen MR) is 80.9 cm³/mol. The van der Waals surface area contributed by atoms with E-state index in [4.69, 9.17) is 28.0 Å². The predicted octanol–water partition coefficient (Wildman–Crippen LogP) is 5.37. The van der Waals surface area contributed by atoms with Gasteiger partial charge in [-0.3, -0.25) is 9.97 Å². The molecule has 4 nitrogen and oxygen atoms in total. The number of rotatable bonds is 4. The Morgan fingerprint density at radius 1 is 0.923 bits per heavy atom. The molecule has 0 saturated carbocycles. The lowest BCUT2D eigenvalue weighted by molar-refractivity contribution is -0.138. The minimum absolute atomic E-state index is 0.0108. The molecule has 0 aromatic carbocycles. The van der Waals surface area contributed by atoms with Crippen LogP contribution in [0.2, 0.25) is 10.0 Å². The molecule has 12 heteroatoms. The Bertz CT molecular complexity index is 823. The van der Waals surface area contributed by atoms with E-state index in [-0.39, 0.29) is 28.0 Å². The maximum Gasteiger partial charge on any atom is 0.417 e. The monoisotopic (exact) mass is 417 g/mol. The van der Waals surface area contributed by atoms with E-state index in [0.717, 1.165) is 6.21 Å². The molecule has 0 radical (unpaired) electrons. The second-order valence-electron chi connectivity index (χ2n) is 4.75. The smallest absolute Gasteiger partial charge is 0.389 e. The Balaban J connectivity index is 2.02. The largest absolute Gasteiger partial charge is 0.417 e. The number of alkyl halides is 6. The summed E-state index contributed by atoms with van der Waals surface area (Å²) < 4.78 is 74.9. The molecule has 140 valence electrons. The number of halogens is 8. The summed E-state index contributed by atoms with van der Waals surface area (Å²) in [5.41, 5.74) is -2.15. The lowest BCUT2D eigenvalue weighted by Crippen LogP contribution is -2.07. The summed E-state index contributed by atoms with van der Waals surface area (Å²) in [5.74, 6) is 0. The van der Waals surface area contributed by atoms with Crippen LogP contribution in [0, 0.1) is 0 Å². The van der Waals surface area contributed by atoms with E-state index in [9.17, 15) is 26.3 Å². The molecule has 0 unspecified atom stereocenters. The third kappa shape index (κ3) is 5.21. The molecule has 2 aromatic rings. The molecular formula is C14H7Cl2F6N3O. The lowest BCUT2D eigenvalue weighted by atomic mass is 10.2. The van der Waals surface area contributed by atoms with E-state index in [2.05, 4.69) is 15.1 Å². The van der Waals surface area contributed by atoms with E-state index >= 15 is 0 Å². The van der Waals surface area contributed by atoms with Crippen molar-refractivity contribution >= 4 is 29.4 Å². The highest BCUT2D eigenvalue weighted by atomic mass is 35.5. The molecule has 0 spiro atoms. The molecule has 0 amide bonds. The van der Waals surface area contributed by atoms with Crippen LogP contribution in [0.5, 0.6) is 0 Å². The zero-order valence-electron chi connectivity index (χ0n) is 12.4. The first-order valence-electron chi connectivity index (χ1n) is 6.58. The number of aromatic nitrogens is 2. The van der Waals surface area contributed by atoms with Gasteiger partial charge in [-0.25, -0.2) is 0 Å². The zero-order chi connectivity index (χ0) is 19.5. The van der Waals surface area contributed by atoms with Gasteiger partial charge in [0.05, 0.1) is 33.1 Å². The molecule has 0 aliphatic rings. The maximum absolute atomic E-state index is 12.5. The second kappa shape index (κ2) is 7.67. The van der Waals surface area contributed by atoms with Gasteiger partial charge in [0.1, 0.15) is 5.69 Å². The molecule has 2 rings (SSSR count). The van der Waals surface area contributed by atoms with Crippen LogP contribution in [0.4, 0.5) is 26.3 Å². The van der Waals surface area contributed by atoms with Crippen LogP contribution in [0.1, 0.15) is 22.5 Å². The van der Waals surface area contributed by atoms with E-state index in [1.807, 2.05) is 0 Å². The van der Waals surface area contributed by atoms with Gasteiger partial charge >= 0.3 is 12.4 Å². The highest BCUT2D eigenvalue weighted by Crippen LogP contribution is 2.32. The molecule has 0 atom stereocenters. The van der Waals surface area contributed by atoms with Crippen molar-refractivity contribution in [3.8, 4) is 0 Å². The van der Waals surface area contributed by atoms with E-state index in [1.54, 1.807) is 0 Å². The summed E-state index contributed by atoms with van der Waals surface area (Å²) in [4.78, 5) is 11.8. The van der Waals surface area contributed by atoms with Crippen LogP contribution in [-0.2, 0) is 23.8 Å². The number of hydrogen-bond acceptors (Lipinski definition) is 4. The van der Waals surface area contributed by atoms with Crippen LogP contribution in [-0.4, -0.2) is 16.2 Å². The first-order valence-corrected chi connectivity index (χ1v) is 7.34. The highest BCUT2D eigenvalue weighted by molar-refractivity contribution is 6.32. The standard InChI is InChI=1S/C14H7Cl2F6N3O/c15-9-1-7(13(17,18)19)3-23-11(9)5-25-26-6-12-10(16)2-8(4-24-12)14(20,21)22/h1-5H,6H2/b25-5-. The summed E-state index contributed by atoms with van der Waals surface area (Å²) in [6.07, 6.45) is -7.07. The zero-order valence-corrected chi connectivity index (χ0v) is 13.9. The molecule has 0 aliphatic heterocycles. The van der Waals surface area contributed by atoms with Crippen molar-refractivity contribution in [3.05, 3.63) is 57.1 Å². The van der Waals surface area contributed by atoms with Gasteiger partial charge in [-0.05, 0) is 12.1 Å². The van der Waals surface area contributed by atoms with Crippen LogP contribution >= 0.6 is 23.2 Å². The number of oxime groups is 1. The van der Waals surface area contributed by atoms with Gasteiger partial charge in [0.25, 0.3) is 0 Å². The average Bonchev–Trinajstić information content (AvgIpc) is 2.52. The first kappa shape index (κ1) is 20.2. The lowest BCUT2D eigenvalue weighted by Gasteiger charge is -2.08. The van der Waals surface area contributed by atoms with E-state index in [1.165, 1.54) is 0 Å². The Morgan fingerprint density at radius 2 is 1.46 bits per heavy atom. The second-order valence-corrected chi connectivity index (χ2v) is 5.56. The first-order chi connectivity index (χ1) is 12.0. The fourth-order valence-corrected chi connectivity index (χ4v) is 2.05. The van der Waals surface area contributed by atoms with E-state index < -0.39 is 23.5 Å². The molecule has 0 fully saturated rings. The van der Waals surface area contributed by atoms with Crippen LogP contribution in [0.25, 0.3) is 0 Å². The van der Waals surface area contributed by atoms with Gasteiger partial charge in [-0.1, -0.05) is 28.4 Å². The highest BCUT2D eigenvalue weighted by Gasteiger charge is 2.32. The number of nitrogens with zero attached hydrogens (tertiary/aromatic N) is 3. The van der Waals surface area contributed by atoms with Crippen LogP contribution in [0.15, 0.2) is 29.7 Å². The van der Waals surface area contributed by atoms with Crippen molar-refractivity contribution in [2.24, 2.45) is 5.16 Å². The van der Waals surface area contributed by atoms with Gasteiger partial charge in [-0.2, -0.15) is 26.3 Å². The van der Waals surface area contributed by atoms with Crippen molar-refractivity contribution in [1.29, 1.82) is 0 Å². The topological polar surface area (TPSA) is 47.4 Å². The Kier molecular flexibility index (Phi) is 5.97. The van der Waals surface area contributed by atoms with Crippen LogP contribution in [0.3, 0.4) is 0 Å². The summed E-state index contributed by atoms with van der Waals surface area (Å²) in [7, 11) is 0. The van der Waals surface area contributed by atoms with Crippen molar-refractivity contribution in [1.82, 2.24) is 9.97 Å². The fourth-order valence-electron chi connectivity index (χ4n) is 1.61. The third-order valence-corrected chi connectivity index (χ3v) is 3.52. The molecule has 0 saturated heterocycles. The summed E-state index contributed by atoms with van der Waals surface area (Å²) >= 11 is 11.3. The van der Waals surface area contributed by atoms with Gasteiger partial charge in [0, 0.05) is 12.4 Å². The number of pyridine rings is 2. The molecule has 2 aromatic heterocycles. The average molecular weight is 418 g/mol. The minimum atomic E-state index is -4.59. The summed E-state index contributed by atoms with van der Waals surface area (Å²) in [6, 6.07) is 1.36. The van der Waals surface area contributed by atoms with Gasteiger partial charge < -0.3 is 4.84 Å². The Labute approximate surface area is 152 Å². The quantitative estimate of drug-likeness (QED) is 0.381. The number of hydrogen-bond donors (Lipinski definition) is 0.